The first-order valence-corrected chi connectivity index (χ1v) is 24.3. The summed E-state index contributed by atoms with van der Waals surface area (Å²) in [6.07, 6.45) is 11.1. The summed E-state index contributed by atoms with van der Waals surface area (Å²) in [7, 11) is -5.07. The van der Waals surface area contributed by atoms with E-state index in [1.807, 2.05) is 24.3 Å². The zero-order valence-corrected chi connectivity index (χ0v) is 36.0. The van der Waals surface area contributed by atoms with E-state index in [0.717, 1.165) is 76.0 Å². The van der Waals surface area contributed by atoms with Crippen molar-refractivity contribution in [1.29, 1.82) is 0 Å². The maximum absolute atomic E-state index is 12.3. The second-order valence-electron chi connectivity index (χ2n) is 15.9. The van der Waals surface area contributed by atoms with Gasteiger partial charge in [-0.15, -0.1) is 0 Å². The molecule has 14 heteroatoms. The van der Waals surface area contributed by atoms with Gasteiger partial charge in [0.05, 0.1) is 11.9 Å². The van der Waals surface area contributed by atoms with Gasteiger partial charge in [0, 0.05) is 38.4 Å². The van der Waals surface area contributed by atoms with E-state index in [0.29, 0.717) is 19.1 Å². The molecule has 0 radical (unpaired) electrons. The zero-order valence-electron chi connectivity index (χ0n) is 34.4. The fraction of sp³-hybridized carbons (Fsp3) is 0.413. The molecule has 1 saturated carbocycles. The normalized spacial score (nSPS) is 17.9. The maximum atomic E-state index is 12.3. The number of nitrogens with one attached hydrogen (secondary N) is 4. The van der Waals surface area contributed by atoms with Crippen LogP contribution in [0.5, 0.6) is 11.5 Å². The molecule has 3 aliphatic rings. The molecule has 1 aliphatic carbocycles. The molecule has 2 atom stereocenters. The van der Waals surface area contributed by atoms with E-state index in [9.17, 15) is 16.8 Å². The van der Waals surface area contributed by atoms with Crippen LogP contribution >= 0.6 is 0 Å². The number of benzene rings is 4. The standard InChI is InChI=1S/C23H28N4O3S.C23H30N2O3S/c1-27-17-21(16-25-27)31(28,29)26-12-13-30-20-10-9-19-8-5-11-24-23(22(19)15-20)14-18-6-3-2-4-7-18;26-29(27,17-19-8-9-19)25-13-14-28-21-11-10-20-7-4-12-24-23(22(20)16-21)15-18-5-2-1-3-6-18/h2-4,6-7,9-10,15-17,23-24,26H,5,8,11-14H2,1H3;1-3,5-6,10-11,16,19,23-25H,4,7-9,12-15,17H2. The molecular formula is C46H58N6O6S2. The number of aromatic nitrogens is 2. The molecule has 0 saturated heterocycles. The minimum absolute atomic E-state index is 0.148. The Labute approximate surface area is 355 Å². The van der Waals surface area contributed by atoms with Gasteiger partial charge in [-0.1, -0.05) is 72.8 Å². The largest absolute Gasteiger partial charge is 0.492 e. The molecule has 12 nitrogen and oxygen atoms in total. The summed E-state index contributed by atoms with van der Waals surface area (Å²) in [4.78, 5) is 0.148. The number of fused-ring (bicyclic) bond motifs is 2. The Morgan fingerprint density at radius 3 is 1.70 bits per heavy atom. The summed E-state index contributed by atoms with van der Waals surface area (Å²) in [5, 5.41) is 11.2. The van der Waals surface area contributed by atoms with E-state index in [1.54, 1.807) is 7.05 Å². The SMILES string of the molecule is Cn1cc(S(=O)(=O)NCCOc2ccc3c(c2)C(Cc2ccccc2)NCCC3)cn1.O=S(=O)(CC1CC1)NCCOc1ccc2c(c1)C(Cc1ccccc1)NCCC2. The highest BCUT2D eigenvalue weighted by Gasteiger charge is 2.28. The van der Waals surface area contributed by atoms with Crippen LogP contribution in [-0.4, -0.2) is 71.8 Å². The number of nitrogens with zero attached hydrogens (tertiary/aromatic N) is 2. The third-order valence-electron chi connectivity index (χ3n) is 11.1. The first kappa shape index (κ1) is 43.5. The highest BCUT2D eigenvalue weighted by molar-refractivity contribution is 7.89. The van der Waals surface area contributed by atoms with Crippen LogP contribution in [0.4, 0.5) is 0 Å². The van der Waals surface area contributed by atoms with Crippen molar-refractivity contribution < 1.29 is 26.3 Å². The molecular weight excluding hydrogens is 797 g/mol. The molecule has 320 valence electrons. The van der Waals surface area contributed by atoms with Crippen molar-refractivity contribution in [2.24, 2.45) is 13.0 Å². The topological polar surface area (TPSA) is 153 Å². The number of sulfonamides is 2. The van der Waals surface area contributed by atoms with Crippen LogP contribution in [0.15, 0.2) is 114 Å². The third-order valence-corrected chi connectivity index (χ3v) is 14.0. The Morgan fingerprint density at radius 1 is 0.700 bits per heavy atom. The second kappa shape index (κ2) is 20.8. The Balaban J connectivity index is 0.000000182. The number of hydrogen-bond acceptors (Lipinski definition) is 9. The summed E-state index contributed by atoms with van der Waals surface area (Å²) in [6, 6.07) is 34.0. The Bertz CT molecular complexity index is 2360. The molecule has 2 aliphatic heterocycles. The number of hydrogen-bond donors (Lipinski definition) is 4. The molecule has 0 amide bonds. The molecule has 0 bridgehead atoms. The number of ether oxygens (including phenoxy) is 2. The van der Waals surface area contributed by atoms with Crippen LogP contribution in [0.25, 0.3) is 0 Å². The predicted octanol–water partition coefficient (Wildman–Crippen LogP) is 5.81. The van der Waals surface area contributed by atoms with E-state index >= 15 is 0 Å². The van der Waals surface area contributed by atoms with Gasteiger partial charge in [-0.2, -0.15) is 5.10 Å². The third kappa shape index (κ3) is 13.0. The van der Waals surface area contributed by atoms with Crippen molar-refractivity contribution in [3.63, 3.8) is 0 Å². The van der Waals surface area contributed by atoms with Crippen LogP contribution < -0.4 is 29.6 Å². The average Bonchev–Trinajstić information content (AvgIpc) is 4.02. The predicted molar refractivity (Wildman–Crippen MR) is 235 cm³/mol. The molecule has 60 heavy (non-hydrogen) atoms. The lowest BCUT2D eigenvalue weighted by atomic mass is 9.94. The first-order valence-electron chi connectivity index (χ1n) is 21.1. The van der Waals surface area contributed by atoms with Crippen molar-refractivity contribution in [3.05, 3.63) is 143 Å². The number of aryl methyl sites for hydroxylation is 3. The van der Waals surface area contributed by atoms with Gasteiger partial charge in [-0.05, 0) is 128 Å². The lowest BCUT2D eigenvalue weighted by Gasteiger charge is -2.20. The van der Waals surface area contributed by atoms with Gasteiger partial charge < -0.3 is 20.1 Å². The van der Waals surface area contributed by atoms with Gasteiger partial charge in [0.1, 0.15) is 29.6 Å². The highest BCUT2D eigenvalue weighted by Crippen LogP contribution is 2.32. The van der Waals surface area contributed by atoms with Gasteiger partial charge in [0.2, 0.25) is 20.0 Å². The molecule has 4 aromatic carbocycles. The minimum Gasteiger partial charge on any atom is -0.492 e. The van der Waals surface area contributed by atoms with Crippen LogP contribution in [0.2, 0.25) is 0 Å². The van der Waals surface area contributed by atoms with Gasteiger partial charge in [-0.25, -0.2) is 26.3 Å². The van der Waals surface area contributed by atoms with E-state index in [2.05, 4.69) is 98.0 Å². The molecule has 8 rings (SSSR count). The monoisotopic (exact) mass is 854 g/mol. The first-order chi connectivity index (χ1) is 29.1. The van der Waals surface area contributed by atoms with Crippen molar-refractivity contribution >= 4 is 20.0 Å². The van der Waals surface area contributed by atoms with Gasteiger partial charge in [0.15, 0.2) is 0 Å². The lowest BCUT2D eigenvalue weighted by molar-refractivity contribution is 0.322. The lowest BCUT2D eigenvalue weighted by Crippen LogP contribution is -2.31. The fourth-order valence-corrected chi connectivity index (χ4v) is 10.3. The minimum atomic E-state index is -3.58. The van der Waals surface area contributed by atoms with E-state index in [4.69, 9.17) is 9.47 Å². The van der Waals surface area contributed by atoms with Crippen LogP contribution in [0.1, 0.15) is 71.1 Å². The van der Waals surface area contributed by atoms with Crippen molar-refractivity contribution in [1.82, 2.24) is 29.9 Å². The maximum Gasteiger partial charge on any atom is 0.243 e. The van der Waals surface area contributed by atoms with Crippen molar-refractivity contribution in [2.75, 3.05) is 45.1 Å². The van der Waals surface area contributed by atoms with Crippen LogP contribution in [-0.2, 0) is 52.8 Å². The van der Waals surface area contributed by atoms with E-state index < -0.39 is 20.0 Å². The molecule has 4 N–H and O–H groups in total. The Kier molecular flexibility index (Phi) is 15.1. The molecule has 1 aromatic heterocycles. The van der Waals surface area contributed by atoms with Gasteiger partial charge in [-0.3, -0.25) is 4.68 Å². The number of rotatable bonds is 17. The molecule has 5 aromatic rings. The van der Waals surface area contributed by atoms with Crippen LogP contribution in [0.3, 0.4) is 0 Å². The molecule has 2 unspecified atom stereocenters. The summed E-state index contributed by atoms with van der Waals surface area (Å²) < 4.78 is 66.9. The molecule has 0 spiro atoms. The summed E-state index contributed by atoms with van der Waals surface area (Å²) in [6.45, 7) is 3.05. The summed E-state index contributed by atoms with van der Waals surface area (Å²) in [5.41, 5.74) is 7.87. The molecule has 1 fully saturated rings. The highest BCUT2D eigenvalue weighted by atomic mass is 32.2. The average molecular weight is 855 g/mol. The second-order valence-corrected chi connectivity index (χ2v) is 19.5. The Hall–Kier alpha value is -4.57. The van der Waals surface area contributed by atoms with Crippen LogP contribution in [0, 0.1) is 5.92 Å². The summed E-state index contributed by atoms with van der Waals surface area (Å²) >= 11 is 0. The van der Waals surface area contributed by atoms with E-state index in [-0.39, 0.29) is 35.9 Å². The fourth-order valence-electron chi connectivity index (χ4n) is 7.81. The van der Waals surface area contributed by atoms with Crippen molar-refractivity contribution in [3.8, 4) is 11.5 Å². The molecule has 3 heterocycles. The smallest absolute Gasteiger partial charge is 0.243 e. The van der Waals surface area contributed by atoms with Crippen molar-refractivity contribution in [2.45, 2.75) is 68.3 Å². The summed E-state index contributed by atoms with van der Waals surface area (Å²) in [5.74, 6) is 2.15. The quantitative estimate of drug-likeness (QED) is 0.0850. The van der Waals surface area contributed by atoms with Gasteiger partial charge >= 0.3 is 0 Å². The van der Waals surface area contributed by atoms with Gasteiger partial charge in [0.25, 0.3) is 0 Å². The Morgan fingerprint density at radius 2 is 1.22 bits per heavy atom. The van der Waals surface area contributed by atoms with E-state index in [1.165, 1.54) is 50.5 Å². The zero-order chi connectivity index (χ0) is 41.8.